The van der Waals surface area contributed by atoms with Crippen molar-refractivity contribution in [1.29, 1.82) is 0 Å². The van der Waals surface area contributed by atoms with Crippen LogP contribution < -0.4 is 5.32 Å². The van der Waals surface area contributed by atoms with Gasteiger partial charge in [0.2, 0.25) is 5.88 Å². The van der Waals surface area contributed by atoms with Crippen molar-refractivity contribution < 1.29 is 5.11 Å². The fourth-order valence-corrected chi connectivity index (χ4v) is 2.30. The molecule has 0 spiro atoms. The van der Waals surface area contributed by atoms with Crippen LogP contribution >= 0.6 is 11.3 Å². The molecule has 0 amide bonds. The minimum absolute atomic E-state index is 0.133. The van der Waals surface area contributed by atoms with Crippen molar-refractivity contribution in [3.63, 3.8) is 0 Å². The number of thiazole rings is 1. The first-order valence-corrected chi connectivity index (χ1v) is 6.32. The second kappa shape index (κ2) is 5.14. The maximum absolute atomic E-state index is 9.64. The number of nitrogens with one attached hydrogen (secondary N) is 1. The van der Waals surface area contributed by atoms with E-state index < -0.39 is 0 Å². The number of rotatable bonds is 4. The zero-order chi connectivity index (χ0) is 12.3. The molecule has 2 N–H and O–H groups in total. The van der Waals surface area contributed by atoms with Gasteiger partial charge in [0.15, 0.2) is 5.13 Å². The quantitative estimate of drug-likeness (QED) is 0.874. The Labute approximate surface area is 104 Å². The average molecular weight is 249 g/mol. The van der Waals surface area contributed by atoms with Crippen LogP contribution in [0.1, 0.15) is 30.3 Å². The van der Waals surface area contributed by atoms with Crippen molar-refractivity contribution in [3.8, 4) is 5.88 Å². The highest BCUT2D eigenvalue weighted by molar-refractivity contribution is 7.15. The van der Waals surface area contributed by atoms with Crippen molar-refractivity contribution in [2.75, 3.05) is 5.32 Å². The molecular weight excluding hydrogens is 234 g/mol. The Bertz CT molecular complexity index is 482. The van der Waals surface area contributed by atoms with E-state index >= 15 is 0 Å². The molecule has 0 unspecified atom stereocenters. The SMILES string of the molecule is CC(C)c1sc(NCc2ccccn2)nc1O. The summed E-state index contributed by atoms with van der Waals surface area (Å²) in [6, 6.07) is 5.78. The highest BCUT2D eigenvalue weighted by Gasteiger charge is 2.12. The van der Waals surface area contributed by atoms with Crippen LogP contribution in [0.2, 0.25) is 0 Å². The Kier molecular flexibility index (Phi) is 3.58. The Morgan fingerprint density at radius 1 is 1.41 bits per heavy atom. The molecule has 0 radical (unpaired) electrons. The molecule has 0 saturated carbocycles. The van der Waals surface area contributed by atoms with Gasteiger partial charge in [-0.15, -0.1) is 0 Å². The summed E-state index contributed by atoms with van der Waals surface area (Å²) in [6.07, 6.45) is 1.76. The van der Waals surface area contributed by atoms with Gasteiger partial charge in [-0.05, 0) is 18.1 Å². The van der Waals surface area contributed by atoms with E-state index in [-0.39, 0.29) is 11.8 Å². The first-order valence-electron chi connectivity index (χ1n) is 5.50. The number of hydrogen-bond acceptors (Lipinski definition) is 5. The van der Waals surface area contributed by atoms with E-state index in [4.69, 9.17) is 0 Å². The number of aromatic hydroxyl groups is 1. The molecule has 5 heteroatoms. The summed E-state index contributed by atoms with van der Waals surface area (Å²) in [5.74, 6) is 0.423. The fraction of sp³-hybridized carbons (Fsp3) is 0.333. The third-order valence-corrected chi connectivity index (χ3v) is 3.61. The number of nitrogens with zero attached hydrogens (tertiary/aromatic N) is 2. The summed E-state index contributed by atoms with van der Waals surface area (Å²) in [6.45, 7) is 4.69. The van der Waals surface area contributed by atoms with Crippen molar-refractivity contribution in [2.45, 2.75) is 26.3 Å². The van der Waals surface area contributed by atoms with E-state index in [9.17, 15) is 5.11 Å². The van der Waals surface area contributed by atoms with Gasteiger partial charge in [0.1, 0.15) is 0 Å². The fourth-order valence-electron chi connectivity index (χ4n) is 1.44. The third-order valence-electron chi connectivity index (χ3n) is 2.31. The molecule has 0 saturated heterocycles. The van der Waals surface area contributed by atoms with E-state index in [1.54, 1.807) is 6.20 Å². The molecule has 0 aliphatic heterocycles. The van der Waals surface area contributed by atoms with Crippen molar-refractivity contribution >= 4 is 16.5 Å². The Hall–Kier alpha value is -1.62. The van der Waals surface area contributed by atoms with Gasteiger partial charge in [0.25, 0.3) is 0 Å². The predicted molar refractivity (Wildman–Crippen MR) is 69.4 cm³/mol. The molecule has 90 valence electrons. The van der Waals surface area contributed by atoms with E-state index in [2.05, 4.69) is 15.3 Å². The molecule has 2 rings (SSSR count). The Morgan fingerprint density at radius 2 is 2.24 bits per heavy atom. The minimum Gasteiger partial charge on any atom is -0.492 e. The lowest BCUT2D eigenvalue weighted by molar-refractivity contribution is 0.449. The molecule has 4 nitrogen and oxygen atoms in total. The van der Waals surface area contributed by atoms with Gasteiger partial charge in [0.05, 0.1) is 17.1 Å². The second-order valence-corrected chi connectivity index (χ2v) is 5.07. The van der Waals surface area contributed by atoms with Crippen LogP contribution in [0.25, 0.3) is 0 Å². The van der Waals surface area contributed by atoms with Gasteiger partial charge in [0, 0.05) is 6.20 Å². The maximum atomic E-state index is 9.64. The smallest absolute Gasteiger partial charge is 0.227 e. The number of pyridine rings is 1. The van der Waals surface area contributed by atoms with Crippen LogP contribution in [0, 0.1) is 0 Å². The highest BCUT2D eigenvalue weighted by Crippen LogP contribution is 2.33. The third kappa shape index (κ3) is 2.94. The lowest BCUT2D eigenvalue weighted by Crippen LogP contribution is -2.00. The number of anilines is 1. The van der Waals surface area contributed by atoms with Gasteiger partial charge in [-0.2, -0.15) is 4.98 Å². The number of hydrogen-bond donors (Lipinski definition) is 2. The maximum Gasteiger partial charge on any atom is 0.227 e. The van der Waals surface area contributed by atoms with E-state index in [0.29, 0.717) is 6.54 Å². The van der Waals surface area contributed by atoms with Gasteiger partial charge in [-0.3, -0.25) is 4.98 Å². The second-order valence-electron chi connectivity index (χ2n) is 4.04. The molecule has 17 heavy (non-hydrogen) atoms. The molecule has 2 aromatic rings. The van der Waals surface area contributed by atoms with E-state index in [1.165, 1.54) is 11.3 Å². The van der Waals surface area contributed by atoms with Gasteiger partial charge < -0.3 is 10.4 Å². The molecular formula is C12H15N3OS. The summed E-state index contributed by atoms with van der Waals surface area (Å²) >= 11 is 1.49. The molecule has 0 aliphatic rings. The van der Waals surface area contributed by atoms with Crippen molar-refractivity contribution in [1.82, 2.24) is 9.97 Å². The summed E-state index contributed by atoms with van der Waals surface area (Å²) in [4.78, 5) is 9.20. The average Bonchev–Trinajstić information content (AvgIpc) is 2.69. The molecule has 0 aromatic carbocycles. The zero-order valence-electron chi connectivity index (χ0n) is 9.84. The summed E-state index contributed by atoms with van der Waals surface area (Å²) in [5.41, 5.74) is 0.952. The lowest BCUT2D eigenvalue weighted by Gasteiger charge is -2.01. The van der Waals surface area contributed by atoms with Crippen molar-refractivity contribution in [3.05, 3.63) is 35.0 Å². The van der Waals surface area contributed by atoms with Crippen LogP contribution in [0.4, 0.5) is 5.13 Å². The molecule has 0 atom stereocenters. The summed E-state index contributed by atoms with van der Waals surface area (Å²) < 4.78 is 0. The van der Waals surface area contributed by atoms with Gasteiger partial charge >= 0.3 is 0 Å². The van der Waals surface area contributed by atoms with Crippen LogP contribution in [0.15, 0.2) is 24.4 Å². The molecule has 2 heterocycles. The normalized spacial score (nSPS) is 10.8. The van der Waals surface area contributed by atoms with E-state index in [1.807, 2.05) is 32.0 Å². The molecule has 0 fully saturated rings. The first-order chi connectivity index (χ1) is 8.16. The monoisotopic (exact) mass is 249 g/mol. The van der Waals surface area contributed by atoms with E-state index in [0.717, 1.165) is 15.7 Å². The summed E-state index contributed by atoms with van der Waals surface area (Å²) in [5, 5.41) is 13.5. The molecule has 0 aliphatic carbocycles. The topological polar surface area (TPSA) is 58.0 Å². The van der Waals surface area contributed by atoms with Crippen LogP contribution in [-0.2, 0) is 6.54 Å². The van der Waals surface area contributed by atoms with Crippen LogP contribution in [0.3, 0.4) is 0 Å². The molecule has 0 bridgehead atoms. The van der Waals surface area contributed by atoms with Crippen LogP contribution in [-0.4, -0.2) is 15.1 Å². The zero-order valence-corrected chi connectivity index (χ0v) is 10.7. The predicted octanol–water partition coefficient (Wildman–Crippen LogP) is 2.98. The molecule has 2 aromatic heterocycles. The number of aromatic nitrogens is 2. The van der Waals surface area contributed by atoms with Gasteiger partial charge in [-0.1, -0.05) is 31.3 Å². The Morgan fingerprint density at radius 3 is 2.82 bits per heavy atom. The summed E-state index contributed by atoms with van der Waals surface area (Å²) in [7, 11) is 0. The first kappa shape index (κ1) is 11.9. The highest BCUT2D eigenvalue weighted by atomic mass is 32.1. The standard InChI is InChI=1S/C12H15N3OS/c1-8(2)10-11(16)15-12(17-10)14-7-9-5-3-4-6-13-9/h3-6,8,16H,7H2,1-2H3,(H,14,15). The lowest BCUT2D eigenvalue weighted by atomic mass is 10.2. The Balaban J connectivity index is 2.02. The van der Waals surface area contributed by atoms with Crippen molar-refractivity contribution in [2.24, 2.45) is 0 Å². The van der Waals surface area contributed by atoms with Gasteiger partial charge in [-0.25, -0.2) is 0 Å². The largest absolute Gasteiger partial charge is 0.492 e. The van der Waals surface area contributed by atoms with Crippen LogP contribution in [0.5, 0.6) is 5.88 Å². The minimum atomic E-state index is 0.133.